The van der Waals surface area contributed by atoms with Crippen molar-refractivity contribution in [2.45, 2.75) is 62.7 Å². The van der Waals surface area contributed by atoms with Gasteiger partial charge in [-0.2, -0.15) is 0 Å². The predicted molar refractivity (Wildman–Crippen MR) is 171 cm³/mol. The molecule has 2 aliphatic carbocycles. The summed E-state index contributed by atoms with van der Waals surface area (Å²) in [6, 6.07) is 11.9. The number of rotatable bonds is 4. The predicted octanol–water partition coefficient (Wildman–Crippen LogP) is 5.86. The van der Waals surface area contributed by atoms with E-state index in [9.17, 15) is 9.00 Å². The maximum atomic E-state index is 13.4. The van der Waals surface area contributed by atoms with E-state index >= 15 is 0 Å². The summed E-state index contributed by atoms with van der Waals surface area (Å²) in [5.41, 5.74) is 3.84. The molecule has 1 N–H and O–H groups in total. The molecule has 43 heavy (non-hydrogen) atoms. The summed E-state index contributed by atoms with van der Waals surface area (Å²) in [6.45, 7) is 7.31. The Bertz CT molecular complexity index is 1400. The van der Waals surface area contributed by atoms with Crippen LogP contribution < -0.4 is 14.4 Å². The summed E-state index contributed by atoms with van der Waals surface area (Å²) in [6.07, 6.45) is 9.32. The smallest absolute Gasteiger partial charge is 0.263 e. The number of amides is 1. The monoisotopic (exact) mass is 626 g/mol. The lowest BCUT2D eigenvalue weighted by Gasteiger charge is -2.45. The molecule has 1 fully saturated rings. The standard InChI is InChI=1S/C34H43ClN2O5S/c1-22-5-4-6-31(41-16-15-40-3)28-10-7-26(28)19-37-20-34(14-13-24-17-27(35)9-11-29(24)34)21-42-32-12-8-25(18-30(32)37)33(38)36-43(39)23(22)2/h4,6,8-9,11-12,17-18,22-23,26,28,31H,5,7,10,13-16,19-21H2,1-3H3,(H,36,38)/b6-4+. The highest BCUT2D eigenvalue weighted by atomic mass is 35.5. The number of hydrogen-bond acceptors (Lipinski definition) is 6. The lowest BCUT2D eigenvalue weighted by molar-refractivity contribution is -0.0309. The minimum Gasteiger partial charge on any atom is -0.490 e. The fourth-order valence-electron chi connectivity index (χ4n) is 7.21. The minimum absolute atomic E-state index is 0.00754. The summed E-state index contributed by atoms with van der Waals surface area (Å²) in [5.74, 6) is 1.39. The maximum Gasteiger partial charge on any atom is 0.263 e. The second-order valence-corrected chi connectivity index (χ2v) is 14.8. The number of allylic oxidation sites excluding steroid dienone is 1. The zero-order valence-electron chi connectivity index (χ0n) is 25.4. The van der Waals surface area contributed by atoms with Crippen LogP contribution in [-0.4, -0.2) is 61.5 Å². The van der Waals surface area contributed by atoms with Crippen LogP contribution in [0.3, 0.4) is 0 Å². The zero-order chi connectivity index (χ0) is 30.1. The van der Waals surface area contributed by atoms with Gasteiger partial charge >= 0.3 is 0 Å². The number of halogens is 1. The van der Waals surface area contributed by atoms with Crippen LogP contribution in [0.4, 0.5) is 5.69 Å². The third-order valence-corrected chi connectivity index (χ3v) is 11.9. The summed E-state index contributed by atoms with van der Waals surface area (Å²) in [7, 11) is 0.179. The number of carbonyl (C=O) groups is 1. The van der Waals surface area contributed by atoms with Crippen molar-refractivity contribution >= 4 is 34.2 Å². The topological polar surface area (TPSA) is 77.1 Å². The number of anilines is 1. The Morgan fingerprint density at radius 3 is 2.81 bits per heavy atom. The first-order valence-corrected chi connectivity index (χ1v) is 17.2. The van der Waals surface area contributed by atoms with Gasteiger partial charge in [0.1, 0.15) is 16.7 Å². The molecule has 1 amide bonds. The molecule has 0 radical (unpaired) electrons. The minimum atomic E-state index is -1.52. The van der Waals surface area contributed by atoms with Crippen molar-refractivity contribution in [3.8, 4) is 5.75 Å². The van der Waals surface area contributed by atoms with Gasteiger partial charge < -0.3 is 19.1 Å². The highest BCUT2D eigenvalue weighted by Gasteiger charge is 2.45. The van der Waals surface area contributed by atoms with Gasteiger partial charge in [0.25, 0.3) is 5.91 Å². The molecule has 2 aliphatic heterocycles. The molecular weight excluding hydrogens is 584 g/mol. The Balaban J connectivity index is 1.38. The van der Waals surface area contributed by atoms with E-state index < -0.39 is 11.0 Å². The molecule has 2 bridgehead atoms. The lowest BCUT2D eigenvalue weighted by atomic mass is 9.69. The molecule has 9 heteroatoms. The van der Waals surface area contributed by atoms with Gasteiger partial charge in [0, 0.05) is 36.2 Å². The number of methoxy groups -OCH3 is 1. The first-order valence-electron chi connectivity index (χ1n) is 15.6. The Morgan fingerprint density at radius 1 is 1.16 bits per heavy atom. The van der Waals surface area contributed by atoms with E-state index in [2.05, 4.69) is 40.8 Å². The molecule has 0 aromatic heterocycles. The van der Waals surface area contributed by atoms with Crippen LogP contribution in [0.25, 0.3) is 0 Å². The molecule has 2 heterocycles. The molecule has 1 saturated carbocycles. The highest BCUT2D eigenvalue weighted by molar-refractivity contribution is 7.84. The summed E-state index contributed by atoms with van der Waals surface area (Å²) >= 11 is 6.38. The van der Waals surface area contributed by atoms with Crippen molar-refractivity contribution in [2.75, 3.05) is 44.9 Å². The van der Waals surface area contributed by atoms with E-state index in [4.69, 9.17) is 25.8 Å². The van der Waals surface area contributed by atoms with Gasteiger partial charge in [-0.1, -0.05) is 36.7 Å². The van der Waals surface area contributed by atoms with E-state index in [1.807, 2.05) is 25.1 Å². The van der Waals surface area contributed by atoms with Crippen LogP contribution in [-0.2, 0) is 32.3 Å². The first-order chi connectivity index (χ1) is 20.8. The number of hydrogen-bond donors (Lipinski definition) is 1. The number of nitrogens with zero attached hydrogens (tertiary/aromatic N) is 1. The Hall–Kier alpha value is -2.39. The third-order valence-electron chi connectivity index (χ3n) is 10.2. The van der Waals surface area contributed by atoms with Crippen LogP contribution in [0.2, 0.25) is 5.02 Å². The van der Waals surface area contributed by atoms with Crippen LogP contribution in [0.1, 0.15) is 61.0 Å². The number of fused-ring (bicyclic) bond motifs is 4. The number of benzene rings is 2. The van der Waals surface area contributed by atoms with E-state index in [0.717, 1.165) is 61.7 Å². The summed E-state index contributed by atoms with van der Waals surface area (Å²) in [5, 5.41) is 0.558. The number of aryl methyl sites for hydroxylation is 1. The van der Waals surface area contributed by atoms with Crippen molar-refractivity contribution in [1.29, 1.82) is 0 Å². The normalized spacial score (nSPS) is 33.0. The van der Waals surface area contributed by atoms with Crippen molar-refractivity contribution in [3.63, 3.8) is 0 Å². The number of carbonyl (C=O) groups excluding carboxylic acids is 1. The average Bonchev–Trinajstić information content (AvgIpc) is 3.24. The fraction of sp³-hybridized carbons (Fsp3) is 0.559. The van der Waals surface area contributed by atoms with Gasteiger partial charge in [0.2, 0.25) is 0 Å². The van der Waals surface area contributed by atoms with E-state index in [-0.39, 0.29) is 28.6 Å². The van der Waals surface area contributed by atoms with Crippen LogP contribution in [0.5, 0.6) is 5.75 Å². The highest BCUT2D eigenvalue weighted by Crippen LogP contribution is 2.47. The second kappa shape index (κ2) is 12.9. The fourth-order valence-corrected chi connectivity index (χ4v) is 8.43. The molecule has 7 nitrogen and oxygen atoms in total. The molecule has 4 aliphatic rings. The molecule has 2 aromatic rings. The second-order valence-electron chi connectivity index (χ2n) is 12.8. The number of nitrogens with one attached hydrogen (secondary N) is 1. The van der Waals surface area contributed by atoms with E-state index in [1.165, 1.54) is 11.1 Å². The quantitative estimate of drug-likeness (QED) is 0.339. The van der Waals surface area contributed by atoms with Crippen molar-refractivity contribution in [3.05, 3.63) is 70.3 Å². The van der Waals surface area contributed by atoms with Crippen molar-refractivity contribution in [2.24, 2.45) is 17.8 Å². The molecule has 1 spiro atoms. The Morgan fingerprint density at radius 2 is 2.02 bits per heavy atom. The largest absolute Gasteiger partial charge is 0.490 e. The van der Waals surface area contributed by atoms with Gasteiger partial charge in [-0.3, -0.25) is 9.52 Å². The van der Waals surface area contributed by atoms with Gasteiger partial charge in [0.15, 0.2) is 0 Å². The van der Waals surface area contributed by atoms with Crippen molar-refractivity contribution in [1.82, 2.24) is 4.72 Å². The SMILES string of the molecule is COCCOC1/C=C/CC(C)C(C)S(=O)NC(=O)c2ccc3c(c2)N(CC2CCC21)CC1(CCc2cc(Cl)ccc21)CO3. The third kappa shape index (κ3) is 6.26. The molecule has 7 atom stereocenters. The Kier molecular flexibility index (Phi) is 9.20. The maximum absolute atomic E-state index is 13.4. The molecule has 7 unspecified atom stereocenters. The van der Waals surface area contributed by atoms with E-state index in [0.29, 0.717) is 37.2 Å². The van der Waals surface area contributed by atoms with Crippen LogP contribution in [0.15, 0.2) is 48.6 Å². The van der Waals surface area contributed by atoms with E-state index in [1.54, 1.807) is 13.2 Å². The van der Waals surface area contributed by atoms with Gasteiger partial charge in [-0.25, -0.2) is 4.21 Å². The molecule has 0 saturated heterocycles. The average molecular weight is 627 g/mol. The summed E-state index contributed by atoms with van der Waals surface area (Å²) < 4.78 is 34.2. The summed E-state index contributed by atoms with van der Waals surface area (Å²) in [4.78, 5) is 15.8. The molecule has 232 valence electrons. The molecule has 2 aromatic carbocycles. The first kappa shape index (κ1) is 30.6. The lowest BCUT2D eigenvalue weighted by Crippen LogP contribution is -2.48. The molecule has 6 rings (SSSR count). The molecular formula is C34H43ClN2O5S. The van der Waals surface area contributed by atoms with Gasteiger partial charge in [-0.15, -0.1) is 0 Å². The van der Waals surface area contributed by atoms with Gasteiger partial charge in [-0.05, 0) is 98.2 Å². The van der Waals surface area contributed by atoms with Crippen LogP contribution in [0, 0.1) is 17.8 Å². The van der Waals surface area contributed by atoms with Crippen molar-refractivity contribution < 1.29 is 23.2 Å². The Labute approximate surface area is 262 Å². The van der Waals surface area contributed by atoms with Gasteiger partial charge in [0.05, 0.1) is 36.9 Å². The number of ether oxygens (including phenoxy) is 3. The zero-order valence-corrected chi connectivity index (χ0v) is 26.9. The van der Waals surface area contributed by atoms with Crippen LogP contribution >= 0.6 is 11.6 Å².